The molecule has 0 atom stereocenters. The van der Waals surface area contributed by atoms with Gasteiger partial charge in [0.1, 0.15) is 10.8 Å². The van der Waals surface area contributed by atoms with Gasteiger partial charge in [-0.3, -0.25) is 4.79 Å². The summed E-state index contributed by atoms with van der Waals surface area (Å²) < 4.78 is 5.37. The van der Waals surface area contributed by atoms with Crippen molar-refractivity contribution in [1.29, 1.82) is 0 Å². The minimum Gasteiger partial charge on any atom is -0.496 e. The van der Waals surface area contributed by atoms with Gasteiger partial charge in [-0.1, -0.05) is 6.07 Å². The van der Waals surface area contributed by atoms with E-state index in [4.69, 9.17) is 4.74 Å². The van der Waals surface area contributed by atoms with Gasteiger partial charge in [-0.05, 0) is 31.5 Å². The molecule has 0 bridgehead atoms. The highest BCUT2D eigenvalue weighted by Gasteiger charge is 2.15. The number of aryl methyl sites for hydroxylation is 2. The van der Waals surface area contributed by atoms with Crippen LogP contribution in [-0.2, 0) is 0 Å². The minimum atomic E-state index is 0.0577. The Bertz CT molecular complexity index is 602. The number of Topliss-reactive ketones (excluding diaryl/α,β-unsaturated/α-hetero) is 1. The fraction of sp³-hybridized carbons (Fsp3) is 0.286. The van der Waals surface area contributed by atoms with Crippen LogP contribution in [0.3, 0.4) is 0 Å². The van der Waals surface area contributed by atoms with Gasteiger partial charge in [0.05, 0.1) is 23.2 Å². The highest BCUT2D eigenvalue weighted by molar-refractivity contribution is 7.17. The van der Waals surface area contributed by atoms with Gasteiger partial charge >= 0.3 is 0 Å². The van der Waals surface area contributed by atoms with Crippen molar-refractivity contribution < 1.29 is 9.53 Å². The number of methoxy groups -OCH3 is 1. The van der Waals surface area contributed by atoms with Crippen LogP contribution in [0.5, 0.6) is 5.75 Å². The normalized spacial score (nSPS) is 10.4. The standard InChI is InChI=1S/C14H15NO2S/c1-8-5-6-11(12(7-8)17-4)14-15-9(2)13(18-14)10(3)16/h5-7H,1-4H3. The maximum atomic E-state index is 11.5. The Morgan fingerprint density at radius 1 is 1.33 bits per heavy atom. The van der Waals surface area contributed by atoms with Crippen LogP contribution < -0.4 is 4.74 Å². The Hall–Kier alpha value is -1.68. The number of benzene rings is 1. The lowest BCUT2D eigenvalue weighted by molar-refractivity contribution is 0.102. The highest BCUT2D eigenvalue weighted by Crippen LogP contribution is 2.35. The molecule has 1 aromatic heterocycles. The molecule has 0 amide bonds. The summed E-state index contributed by atoms with van der Waals surface area (Å²) in [6, 6.07) is 5.97. The highest BCUT2D eigenvalue weighted by atomic mass is 32.1. The summed E-state index contributed by atoms with van der Waals surface area (Å²) in [6.45, 7) is 5.44. The Balaban J connectivity index is 2.55. The summed E-state index contributed by atoms with van der Waals surface area (Å²) in [5, 5.41) is 0.828. The predicted octanol–water partition coefficient (Wildman–Crippen LogP) is 3.64. The zero-order chi connectivity index (χ0) is 13.3. The molecule has 2 rings (SSSR count). The zero-order valence-corrected chi connectivity index (χ0v) is 11.7. The van der Waals surface area contributed by atoms with E-state index in [-0.39, 0.29) is 5.78 Å². The number of carbonyl (C=O) groups is 1. The molecule has 0 radical (unpaired) electrons. The van der Waals surface area contributed by atoms with Crippen LogP contribution in [-0.4, -0.2) is 17.9 Å². The third-order valence-corrected chi connectivity index (χ3v) is 4.00. The van der Waals surface area contributed by atoms with E-state index in [1.165, 1.54) is 11.3 Å². The Morgan fingerprint density at radius 2 is 2.06 bits per heavy atom. The summed E-state index contributed by atoms with van der Waals surface area (Å²) in [5.74, 6) is 0.848. The van der Waals surface area contributed by atoms with Crippen molar-refractivity contribution in [3.8, 4) is 16.3 Å². The van der Waals surface area contributed by atoms with Crippen molar-refractivity contribution in [2.45, 2.75) is 20.8 Å². The number of ether oxygens (including phenoxy) is 1. The molecule has 0 aliphatic carbocycles. The minimum absolute atomic E-state index is 0.0577. The average Bonchev–Trinajstić information content (AvgIpc) is 2.71. The Morgan fingerprint density at radius 3 is 2.61 bits per heavy atom. The molecule has 0 fully saturated rings. The van der Waals surface area contributed by atoms with Gasteiger partial charge in [-0.15, -0.1) is 11.3 Å². The molecule has 1 aromatic carbocycles. The monoisotopic (exact) mass is 261 g/mol. The van der Waals surface area contributed by atoms with Gasteiger partial charge in [0.2, 0.25) is 0 Å². The van der Waals surface area contributed by atoms with Crippen molar-refractivity contribution in [3.63, 3.8) is 0 Å². The van der Waals surface area contributed by atoms with Gasteiger partial charge in [-0.2, -0.15) is 0 Å². The summed E-state index contributed by atoms with van der Waals surface area (Å²) in [7, 11) is 1.64. The Labute approximate surface area is 110 Å². The molecule has 0 aliphatic heterocycles. The molecule has 0 spiro atoms. The first-order chi connectivity index (χ1) is 8.52. The summed E-state index contributed by atoms with van der Waals surface area (Å²) in [5.41, 5.74) is 2.85. The molecule has 3 nitrogen and oxygen atoms in total. The molecular weight excluding hydrogens is 246 g/mol. The number of thiazole rings is 1. The first-order valence-corrected chi connectivity index (χ1v) is 6.48. The van der Waals surface area contributed by atoms with Crippen LogP contribution in [0.2, 0.25) is 0 Å². The molecule has 4 heteroatoms. The van der Waals surface area contributed by atoms with Crippen molar-refractivity contribution in [1.82, 2.24) is 4.98 Å². The van der Waals surface area contributed by atoms with Crippen LogP contribution >= 0.6 is 11.3 Å². The fourth-order valence-electron chi connectivity index (χ4n) is 1.81. The van der Waals surface area contributed by atoms with Crippen molar-refractivity contribution >= 4 is 17.1 Å². The van der Waals surface area contributed by atoms with E-state index >= 15 is 0 Å². The molecule has 1 heterocycles. The SMILES string of the molecule is COc1cc(C)ccc1-c1nc(C)c(C(C)=O)s1. The first-order valence-electron chi connectivity index (χ1n) is 5.66. The van der Waals surface area contributed by atoms with Gasteiger partial charge in [-0.25, -0.2) is 4.98 Å². The van der Waals surface area contributed by atoms with Crippen LogP contribution in [0.15, 0.2) is 18.2 Å². The van der Waals surface area contributed by atoms with Crippen LogP contribution in [0, 0.1) is 13.8 Å². The van der Waals surface area contributed by atoms with Crippen LogP contribution in [0.25, 0.3) is 10.6 Å². The molecule has 0 aliphatic rings. The third-order valence-electron chi connectivity index (χ3n) is 2.70. The van der Waals surface area contributed by atoms with E-state index in [1.807, 2.05) is 32.0 Å². The number of hydrogen-bond acceptors (Lipinski definition) is 4. The van der Waals surface area contributed by atoms with Crippen LogP contribution in [0.1, 0.15) is 27.9 Å². The first kappa shape index (κ1) is 12.8. The lowest BCUT2D eigenvalue weighted by Gasteiger charge is -2.06. The van der Waals surface area contributed by atoms with Gasteiger partial charge < -0.3 is 4.74 Å². The van der Waals surface area contributed by atoms with Gasteiger partial charge in [0, 0.05) is 6.92 Å². The second-order valence-corrected chi connectivity index (χ2v) is 5.19. The lowest BCUT2D eigenvalue weighted by atomic mass is 10.1. The number of rotatable bonds is 3. The molecule has 0 saturated heterocycles. The van der Waals surface area contributed by atoms with E-state index in [0.29, 0.717) is 4.88 Å². The average molecular weight is 261 g/mol. The second kappa shape index (κ2) is 4.90. The van der Waals surface area contributed by atoms with E-state index in [1.54, 1.807) is 14.0 Å². The second-order valence-electron chi connectivity index (χ2n) is 4.19. The largest absolute Gasteiger partial charge is 0.496 e. The molecule has 0 unspecified atom stereocenters. The van der Waals surface area contributed by atoms with Crippen molar-refractivity contribution in [2.24, 2.45) is 0 Å². The fourth-order valence-corrected chi connectivity index (χ4v) is 2.80. The van der Waals surface area contributed by atoms with Crippen molar-refractivity contribution in [2.75, 3.05) is 7.11 Å². The molecule has 94 valence electrons. The molecule has 2 aromatic rings. The van der Waals surface area contributed by atoms with Crippen LogP contribution in [0.4, 0.5) is 0 Å². The quantitative estimate of drug-likeness (QED) is 0.792. The lowest BCUT2D eigenvalue weighted by Crippen LogP contribution is -1.89. The summed E-state index contributed by atoms with van der Waals surface area (Å²) >= 11 is 1.42. The summed E-state index contributed by atoms with van der Waals surface area (Å²) in [4.78, 5) is 16.6. The molecule has 0 N–H and O–H groups in total. The number of nitrogens with zero attached hydrogens (tertiary/aromatic N) is 1. The van der Waals surface area contributed by atoms with Gasteiger partial charge in [0.15, 0.2) is 5.78 Å². The number of ketones is 1. The maximum Gasteiger partial charge on any atom is 0.171 e. The zero-order valence-electron chi connectivity index (χ0n) is 10.9. The maximum absolute atomic E-state index is 11.5. The van der Waals surface area contributed by atoms with E-state index in [0.717, 1.165) is 27.6 Å². The van der Waals surface area contributed by atoms with E-state index < -0.39 is 0 Å². The Kier molecular flexibility index (Phi) is 3.48. The third kappa shape index (κ3) is 2.29. The van der Waals surface area contributed by atoms with Gasteiger partial charge in [0.25, 0.3) is 0 Å². The van der Waals surface area contributed by atoms with E-state index in [2.05, 4.69) is 4.98 Å². The number of aromatic nitrogens is 1. The summed E-state index contributed by atoms with van der Waals surface area (Å²) in [6.07, 6.45) is 0. The smallest absolute Gasteiger partial charge is 0.171 e. The van der Waals surface area contributed by atoms with Crippen molar-refractivity contribution in [3.05, 3.63) is 34.3 Å². The number of carbonyl (C=O) groups excluding carboxylic acids is 1. The topological polar surface area (TPSA) is 39.2 Å². The number of hydrogen-bond donors (Lipinski definition) is 0. The molecule has 18 heavy (non-hydrogen) atoms. The predicted molar refractivity (Wildman–Crippen MR) is 73.6 cm³/mol. The van der Waals surface area contributed by atoms with E-state index in [9.17, 15) is 4.79 Å². The molecule has 0 saturated carbocycles. The molecular formula is C14H15NO2S.